The molecule has 2 aromatic carbocycles. The lowest BCUT2D eigenvalue weighted by atomic mass is 10.1. The number of benzene rings is 2. The minimum atomic E-state index is -0.202. The molecule has 28 heavy (non-hydrogen) atoms. The molecule has 5 rings (SSSR count). The Kier molecular flexibility index (Phi) is 4.06. The Morgan fingerprint density at radius 2 is 1.79 bits per heavy atom. The van der Waals surface area contributed by atoms with Crippen molar-refractivity contribution in [3.63, 3.8) is 0 Å². The van der Waals surface area contributed by atoms with Gasteiger partial charge in [0.05, 0.1) is 33.0 Å². The number of fused-ring (bicyclic) bond motifs is 2. The van der Waals surface area contributed by atoms with Crippen molar-refractivity contribution >= 4 is 33.4 Å². The van der Waals surface area contributed by atoms with E-state index in [0.717, 1.165) is 39.2 Å². The molecule has 6 heteroatoms. The van der Waals surface area contributed by atoms with Crippen molar-refractivity contribution in [2.75, 3.05) is 0 Å². The summed E-state index contributed by atoms with van der Waals surface area (Å²) < 4.78 is 1.84. The number of hydrogen-bond donors (Lipinski definition) is 1. The fourth-order valence-corrected chi connectivity index (χ4v) is 4.37. The molecule has 5 aromatic rings. The van der Waals surface area contributed by atoms with Gasteiger partial charge in [-0.05, 0) is 42.1 Å². The summed E-state index contributed by atoms with van der Waals surface area (Å²) in [5, 5.41) is 1.96. The normalized spacial score (nSPS) is 12.6. The molecule has 0 amide bonds. The van der Waals surface area contributed by atoms with Gasteiger partial charge in [0.25, 0.3) is 5.56 Å². The van der Waals surface area contributed by atoms with Crippen LogP contribution in [0.15, 0.2) is 70.8 Å². The van der Waals surface area contributed by atoms with Gasteiger partial charge in [-0.1, -0.05) is 37.3 Å². The van der Waals surface area contributed by atoms with Crippen molar-refractivity contribution in [3.8, 4) is 10.6 Å². The van der Waals surface area contributed by atoms with E-state index in [1.165, 1.54) is 11.3 Å². The lowest BCUT2D eigenvalue weighted by Gasteiger charge is -2.19. The summed E-state index contributed by atoms with van der Waals surface area (Å²) in [6.07, 6.45) is 0.734. The van der Waals surface area contributed by atoms with Crippen LogP contribution in [-0.4, -0.2) is 19.5 Å². The van der Waals surface area contributed by atoms with Gasteiger partial charge < -0.3 is 4.98 Å². The number of rotatable bonds is 4. The molecule has 0 saturated heterocycles. The molecule has 0 fully saturated rings. The van der Waals surface area contributed by atoms with Crippen molar-refractivity contribution in [2.45, 2.75) is 19.4 Å². The summed E-state index contributed by atoms with van der Waals surface area (Å²) in [4.78, 5) is 27.3. The summed E-state index contributed by atoms with van der Waals surface area (Å²) >= 11 is 1.53. The minimum absolute atomic E-state index is 0.0894. The number of imidazole rings is 1. The molecule has 1 atom stereocenters. The van der Waals surface area contributed by atoms with Gasteiger partial charge >= 0.3 is 0 Å². The molecule has 0 radical (unpaired) electrons. The molecule has 0 aliphatic rings. The Morgan fingerprint density at radius 3 is 2.54 bits per heavy atom. The van der Waals surface area contributed by atoms with Crippen LogP contribution in [0.1, 0.15) is 25.2 Å². The van der Waals surface area contributed by atoms with Gasteiger partial charge in [0, 0.05) is 0 Å². The molecule has 1 N–H and O–H groups in total. The van der Waals surface area contributed by atoms with E-state index in [4.69, 9.17) is 4.98 Å². The van der Waals surface area contributed by atoms with Crippen molar-refractivity contribution in [3.05, 3.63) is 82.2 Å². The third-order valence-electron chi connectivity index (χ3n) is 4.97. The SMILES string of the molecule is CCC(c1nc2ccccc2[nH]1)n1c(=O)c(-c2cccs2)nc2ccccc21. The average Bonchev–Trinajstić information content (AvgIpc) is 3.39. The number of para-hydroxylation sites is 4. The molecule has 3 aromatic heterocycles. The first-order valence-electron chi connectivity index (χ1n) is 9.26. The van der Waals surface area contributed by atoms with Crippen LogP contribution in [-0.2, 0) is 0 Å². The number of H-pyrrole nitrogens is 1. The Bertz CT molecular complexity index is 1300. The highest BCUT2D eigenvalue weighted by atomic mass is 32.1. The zero-order valence-corrected chi connectivity index (χ0v) is 16.1. The molecular weight excluding hydrogens is 368 g/mol. The predicted molar refractivity (Wildman–Crippen MR) is 114 cm³/mol. The van der Waals surface area contributed by atoms with E-state index in [-0.39, 0.29) is 11.6 Å². The summed E-state index contributed by atoms with van der Waals surface area (Å²) in [5.74, 6) is 0.791. The molecular formula is C22H18N4OS. The lowest BCUT2D eigenvalue weighted by Crippen LogP contribution is -2.28. The highest BCUT2D eigenvalue weighted by Gasteiger charge is 2.22. The first-order chi connectivity index (χ1) is 13.8. The van der Waals surface area contributed by atoms with Crippen molar-refractivity contribution < 1.29 is 0 Å². The lowest BCUT2D eigenvalue weighted by molar-refractivity contribution is 0.541. The number of aromatic amines is 1. The molecule has 0 aliphatic heterocycles. The van der Waals surface area contributed by atoms with Crippen molar-refractivity contribution in [1.82, 2.24) is 19.5 Å². The molecule has 0 saturated carbocycles. The van der Waals surface area contributed by atoms with Crippen LogP contribution in [0.4, 0.5) is 0 Å². The average molecular weight is 386 g/mol. The van der Waals surface area contributed by atoms with E-state index in [2.05, 4.69) is 16.9 Å². The zero-order chi connectivity index (χ0) is 19.1. The van der Waals surface area contributed by atoms with Gasteiger partial charge in [0.2, 0.25) is 0 Å². The summed E-state index contributed by atoms with van der Waals surface area (Å²) in [6, 6.07) is 19.4. The number of nitrogens with one attached hydrogen (secondary N) is 1. The van der Waals surface area contributed by atoms with E-state index in [0.29, 0.717) is 5.69 Å². The number of aromatic nitrogens is 4. The van der Waals surface area contributed by atoms with Crippen LogP contribution in [0, 0.1) is 0 Å². The van der Waals surface area contributed by atoms with E-state index in [1.807, 2.05) is 70.6 Å². The van der Waals surface area contributed by atoms with Crippen molar-refractivity contribution in [1.29, 1.82) is 0 Å². The van der Waals surface area contributed by atoms with Gasteiger partial charge in [0.1, 0.15) is 11.5 Å². The first kappa shape index (κ1) is 16.9. The molecule has 138 valence electrons. The first-order valence-corrected chi connectivity index (χ1v) is 10.1. The molecule has 0 bridgehead atoms. The molecule has 1 unspecified atom stereocenters. The van der Waals surface area contributed by atoms with E-state index in [9.17, 15) is 4.79 Å². The maximum absolute atomic E-state index is 13.5. The zero-order valence-electron chi connectivity index (χ0n) is 15.3. The standard InChI is InChI=1S/C22H18N4OS/c1-2-17(21-24-14-8-3-4-9-15(14)25-21)26-18-11-6-5-10-16(18)23-20(22(26)27)19-12-7-13-28-19/h3-13,17H,2H2,1H3,(H,24,25). The minimum Gasteiger partial charge on any atom is -0.340 e. The second-order valence-corrected chi connectivity index (χ2v) is 7.61. The number of hydrogen-bond acceptors (Lipinski definition) is 4. The van der Waals surface area contributed by atoms with Gasteiger partial charge in [-0.25, -0.2) is 9.97 Å². The number of nitrogens with zero attached hydrogens (tertiary/aromatic N) is 3. The third kappa shape index (κ3) is 2.65. The molecule has 3 heterocycles. The highest BCUT2D eigenvalue weighted by molar-refractivity contribution is 7.13. The summed E-state index contributed by atoms with van der Waals surface area (Å²) in [7, 11) is 0. The maximum Gasteiger partial charge on any atom is 0.279 e. The van der Waals surface area contributed by atoms with Gasteiger partial charge in [0.15, 0.2) is 0 Å². The van der Waals surface area contributed by atoms with Gasteiger partial charge in [-0.15, -0.1) is 11.3 Å². The van der Waals surface area contributed by atoms with Crippen LogP contribution >= 0.6 is 11.3 Å². The van der Waals surface area contributed by atoms with E-state index in [1.54, 1.807) is 0 Å². The second-order valence-electron chi connectivity index (χ2n) is 6.66. The summed E-state index contributed by atoms with van der Waals surface area (Å²) in [6.45, 7) is 2.07. The predicted octanol–water partition coefficient (Wildman–Crippen LogP) is 5.00. The third-order valence-corrected chi connectivity index (χ3v) is 5.85. The van der Waals surface area contributed by atoms with E-state index >= 15 is 0 Å². The van der Waals surface area contributed by atoms with Gasteiger partial charge in [-0.3, -0.25) is 9.36 Å². The van der Waals surface area contributed by atoms with Crippen LogP contribution in [0.5, 0.6) is 0 Å². The van der Waals surface area contributed by atoms with Crippen LogP contribution in [0.25, 0.3) is 32.6 Å². The van der Waals surface area contributed by atoms with Crippen LogP contribution in [0.2, 0.25) is 0 Å². The summed E-state index contributed by atoms with van der Waals surface area (Å²) in [5.41, 5.74) is 3.90. The smallest absolute Gasteiger partial charge is 0.279 e. The quantitative estimate of drug-likeness (QED) is 0.473. The Hall–Kier alpha value is -3.25. The number of thiophene rings is 1. The molecule has 5 nitrogen and oxygen atoms in total. The topological polar surface area (TPSA) is 63.6 Å². The fraction of sp³-hybridized carbons (Fsp3) is 0.136. The Balaban J connectivity index is 1.80. The monoisotopic (exact) mass is 386 g/mol. The second kappa shape index (κ2) is 6.73. The van der Waals surface area contributed by atoms with E-state index < -0.39 is 0 Å². The largest absolute Gasteiger partial charge is 0.340 e. The maximum atomic E-state index is 13.5. The Morgan fingerprint density at radius 1 is 1.00 bits per heavy atom. The fourth-order valence-electron chi connectivity index (χ4n) is 3.67. The van der Waals surface area contributed by atoms with Crippen LogP contribution < -0.4 is 5.56 Å². The van der Waals surface area contributed by atoms with Crippen molar-refractivity contribution in [2.24, 2.45) is 0 Å². The molecule has 0 spiro atoms. The van der Waals surface area contributed by atoms with Gasteiger partial charge in [-0.2, -0.15) is 0 Å². The molecule has 0 aliphatic carbocycles. The van der Waals surface area contributed by atoms with Crippen LogP contribution in [0.3, 0.4) is 0 Å². The highest BCUT2D eigenvalue weighted by Crippen LogP contribution is 2.27. The Labute approximate surface area is 165 Å².